The van der Waals surface area contributed by atoms with Gasteiger partial charge in [0, 0.05) is 0 Å². The van der Waals surface area contributed by atoms with Crippen molar-refractivity contribution in [2.75, 3.05) is 6.61 Å². The summed E-state index contributed by atoms with van der Waals surface area (Å²) in [6, 6.07) is -0.231. The van der Waals surface area contributed by atoms with E-state index in [-0.39, 0.29) is 24.3 Å². The summed E-state index contributed by atoms with van der Waals surface area (Å²) in [6.07, 6.45) is 11.9. The van der Waals surface area contributed by atoms with E-state index in [2.05, 4.69) is 6.92 Å². The Morgan fingerprint density at radius 3 is 2.06 bits per heavy atom. The van der Waals surface area contributed by atoms with Crippen molar-refractivity contribution in [3.05, 3.63) is 0 Å². The van der Waals surface area contributed by atoms with Gasteiger partial charge >= 0.3 is 6.09 Å². The van der Waals surface area contributed by atoms with E-state index in [4.69, 9.17) is 18.9 Å². The number of carbonyl (C=O) groups is 1. The largest absolute Gasteiger partial charge is 0.444 e. The Hall–Kier alpha value is -0.850. The van der Waals surface area contributed by atoms with Gasteiger partial charge < -0.3 is 18.9 Å². The number of unbranched alkanes of at least 4 members (excludes halogenated alkanes) is 8. The zero-order chi connectivity index (χ0) is 24.0. The van der Waals surface area contributed by atoms with Crippen LogP contribution in [-0.4, -0.2) is 53.0 Å². The summed E-state index contributed by atoms with van der Waals surface area (Å²) in [5.41, 5.74) is -1.31. The van der Waals surface area contributed by atoms with Crippen LogP contribution in [0.3, 0.4) is 0 Å². The smallest absolute Gasteiger partial charge is 0.412 e. The van der Waals surface area contributed by atoms with Crippen molar-refractivity contribution >= 4 is 6.09 Å². The molecule has 0 saturated carbocycles. The molecule has 0 aromatic carbocycles. The van der Waals surface area contributed by atoms with Crippen LogP contribution in [0.4, 0.5) is 4.79 Å². The van der Waals surface area contributed by atoms with E-state index in [1.165, 1.54) is 51.4 Å². The number of nitrogens with zero attached hydrogens (tertiary/aromatic N) is 1. The van der Waals surface area contributed by atoms with Gasteiger partial charge in [-0.2, -0.15) is 0 Å². The summed E-state index contributed by atoms with van der Waals surface area (Å²) in [7, 11) is 0. The summed E-state index contributed by atoms with van der Waals surface area (Å²) < 4.78 is 24.3. The number of carbonyl (C=O) groups excluding carboxylic acids is 1. The van der Waals surface area contributed by atoms with Gasteiger partial charge in [0.15, 0.2) is 5.79 Å². The Balaban J connectivity index is 1.93. The van der Waals surface area contributed by atoms with Gasteiger partial charge in [-0.3, -0.25) is 4.90 Å². The standard InChI is InChI=1S/C26H49NO5/c1-9-10-11-12-13-14-15-16-17-18-21-22(31-26(7,8)30-21)20-19-29-25(5,6)27(20)23(28)32-24(2,3)4/h20-22H,9-19H2,1-8H3/t20-,21+,22-/m0/s1. The Morgan fingerprint density at radius 2 is 1.50 bits per heavy atom. The van der Waals surface area contributed by atoms with Crippen molar-refractivity contribution in [2.45, 2.75) is 155 Å². The highest BCUT2D eigenvalue weighted by Crippen LogP contribution is 2.39. The second-order valence-corrected chi connectivity index (χ2v) is 11.4. The first-order valence-corrected chi connectivity index (χ1v) is 12.9. The monoisotopic (exact) mass is 455 g/mol. The van der Waals surface area contributed by atoms with Crippen molar-refractivity contribution in [3.63, 3.8) is 0 Å². The van der Waals surface area contributed by atoms with Crippen LogP contribution in [-0.2, 0) is 18.9 Å². The van der Waals surface area contributed by atoms with Gasteiger partial charge in [0.1, 0.15) is 17.4 Å². The molecule has 0 aliphatic carbocycles. The highest BCUT2D eigenvalue weighted by molar-refractivity contribution is 5.70. The minimum absolute atomic E-state index is 0.0537. The minimum atomic E-state index is -0.745. The van der Waals surface area contributed by atoms with Gasteiger partial charge in [0.2, 0.25) is 0 Å². The zero-order valence-corrected chi connectivity index (χ0v) is 22.0. The molecule has 6 nitrogen and oxygen atoms in total. The van der Waals surface area contributed by atoms with Crippen LogP contribution in [0, 0.1) is 0 Å². The maximum absolute atomic E-state index is 13.1. The van der Waals surface area contributed by atoms with Crippen molar-refractivity contribution in [3.8, 4) is 0 Å². The fourth-order valence-corrected chi connectivity index (χ4v) is 4.81. The van der Waals surface area contributed by atoms with Gasteiger partial charge in [0.05, 0.1) is 18.8 Å². The SMILES string of the molecule is CCCCCCCCCCC[C@H]1OC(C)(C)O[C@H]1[C@@H]1COC(C)(C)N1C(=O)OC(C)(C)C. The van der Waals surface area contributed by atoms with E-state index < -0.39 is 17.1 Å². The van der Waals surface area contributed by atoms with Crippen LogP contribution < -0.4 is 0 Å². The molecule has 3 atom stereocenters. The van der Waals surface area contributed by atoms with Crippen LogP contribution >= 0.6 is 0 Å². The van der Waals surface area contributed by atoms with Gasteiger partial charge in [-0.05, 0) is 54.9 Å². The van der Waals surface area contributed by atoms with E-state index in [0.29, 0.717) is 6.61 Å². The maximum Gasteiger partial charge on any atom is 0.412 e. The van der Waals surface area contributed by atoms with Crippen LogP contribution in [0.5, 0.6) is 0 Å². The van der Waals surface area contributed by atoms with E-state index in [9.17, 15) is 4.79 Å². The third-order valence-electron chi connectivity index (χ3n) is 6.30. The van der Waals surface area contributed by atoms with Crippen molar-refractivity contribution in [2.24, 2.45) is 0 Å². The molecule has 2 aliphatic rings. The lowest BCUT2D eigenvalue weighted by molar-refractivity contribution is -0.151. The van der Waals surface area contributed by atoms with Gasteiger partial charge in [-0.1, -0.05) is 64.7 Å². The van der Waals surface area contributed by atoms with E-state index in [0.717, 1.165) is 12.8 Å². The lowest BCUT2D eigenvalue weighted by Gasteiger charge is -2.37. The molecule has 6 heteroatoms. The molecule has 2 saturated heterocycles. The highest BCUT2D eigenvalue weighted by atomic mass is 16.8. The lowest BCUT2D eigenvalue weighted by Crippen LogP contribution is -2.55. The molecule has 0 N–H and O–H groups in total. The van der Waals surface area contributed by atoms with Crippen molar-refractivity contribution < 1.29 is 23.7 Å². The number of hydrogen-bond donors (Lipinski definition) is 0. The lowest BCUT2D eigenvalue weighted by atomic mass is 9.98. The van der Waals surface area contributed by atoms with Crippen LogP contribution in [0.1, 0.15) is 120 Å². The Labute approximate surface area is 196 Å². The second kappa shape index (κ2) is 11.5. The molecule has 32 heavy (non-hydrogen) atoms. The summed E-state index contributed by atoms with van der Waals surface area (Å²) in [5.74, 6) is -0.666. The third kappa shape index (κ3) is 8.18. The fraction of sp³-hybridized carbons (Fsp3) is 0.962. The highest BCUT2D eigenvalue weighted by Gasteiger charge is 2.54. The average molecular weight is 456 g/mol. The van der Waals surface area contributed by atoms with Crippen LogP contribution in [0.2, 0.25) is 0 Å². The average Bonchev–Trinajstić information content (AvgIpc) is 3.13. The Bertz CT molecular complexity index is 583. The molecular formula is C26H49NO5. The quantitative estimate of drug-likeness (QED) is 0.321. The molecule has 0 unspecified atom stereocenters. The third-order valence-corrected chi connectivity index (χ3v) is 6.30. The second-order valence-electron chi connectivity index (χ2n) is 11.4. The maximum atomic E-state index is 13.1. The molecule has 2 heterocycles. The number of amides is 1. The van der Waals surface area contributed by atoms with Crippen molar-refractivity contribution in [1.82, 2.24) is 4.90 Å². The van der Waals surface area contributed by atoms with Gasteiger partial charge in [-0.15, -0.1) is 0 Å². The van der Waals surface area contributed by atoms with E-state index in [1.807, 2.05) is 48.5 Å². The summed E-state index contributed by atoms with van der Waals surface area (Å²) in [6.45, 7) is 16.1. The van der Waals surface area contributed by atoms with E-state index in [1.54, 1.807) is 4.90 Å². The molecular weight excluding hydrogens is 406 g/mol. The molecule has 188 valence electrons. The van der Waals surface area contributed by atoms with Gasteiger partial charge in [-0.25, -0.2) is 4.79 Å². The van der Waals surface area contributed by atoms with Crippen LogP contribution in [0.15, 0.2) is 0 Å². The minimum Gasteiger partial charge on any atom is -0.444 e. The number of hydrogen-bond acceptors (Lipinski definition) is 5. The first-order valence-electron chi connectivity index (χ1n) is 12.9. The molecule has 0 spiro atoms. The Morgan fingerprint density at radius 1 is 0.938 bits per heavy atom. The Kier molecular flexibility index (Phi) is 9.87. The number of rotatable bonds is 11. The molecule has 0 aromatic heterocycles. The molecule has 0 bridgehead atoms. The van der Waals surface area contributed by atoms with Gasteiger partial charge in [0.25, 0.3) is 0 Å². The predicted octanol–water partition coefficient (Wildman–Crippen LogP) is 6.80. The normalized spacial score (nSPS) is 27.1. The first kappa shape index (κ1) is 27.4. The molecule has 2 aliphatic heterocycles. The molecule has 0 radical (unpaired) electrons. The van der Waals surface area contributed by atoms with Crippen molar-refractivity contribution in [1.29, 1.82) is 0 Å². The summed E-state index contributed by atoms with van der Waals surface area (Å²) in [4.78, 5) is 14.8. The molecule has 2 fully saturated rings. The molecule has 2 rings (SSSR count). The topological polar surface area (TPSA) is 57.2 Å². The zero-order valence-electron chi connectivity index (χ0n) is 22.0. The summed E-state index contributed by atoms with van der Waals surface area (Å²) >= 11 is 0. The first-order chi connectivity index (χ1) is 14.9. The fourth-order valence-electron chi connectivity index (χ4n) is 4.81. The number of ether oxygens (including phenoxy) is 4. The molecule has 1 amide bonds. The van der Waals surface area contributed by atoms with Crippen LogP contribution in [0.25, 0.3) is 0 Å². The summed E-state index contributed by atoms with van der Waals surface area (Å²) in [5, 5.41) is 0. The molecule has 0 aromatic rings. The van der Waals surface area contributed by atoms with E-state index >= 15 is 0 Å². The predicted molar refractivity (Wildman–Crippen MR) is 128 cm³/mol.